The van der Waals surface area contributed by atoms with Crippen LogP contribution in [-0.4, -0.2) is 12.2 Å². The van der Waals surface area contributed by atoms with Crippen molar-refractivity contribution in [2.45, 2.75) is 6.92 Å². The third-order valence-electron chi connectivity index (χ3n) is 1.73. The van der Waals surface area contributed by atoms with Crippen LogP contribution in [0.25, 0.3) is 0 Å². The lowest BCUT2D eigenvalue weighted by Gasteiger charge is -2.07. The van der Waals surface area contributed by atoms with Crippen LogP contribution in [0.15, 0.2) is 6.07 Å². The van der Waals surface area contributed by atoms with E-state index in [-0.39, 0.29) is 22.1 Å². The molecule has 0 aliphatic carbocycles. The zero-order valence-corrected chi connectivity index (χ0v) is 8.01. The maximum Gasteiger partial charge on any atom is 0.178 e. The molecule has 0 fully saturated rings. The fraction of sp³-hybridized carbons (Fsp3) is 0.222. The molecule has 4 heteroatoms. The second kappa shape index (κ2) is 3.55. The van der Waals surface area contributed by atoms with Crippen LogP contribution in [0.2, 0.25) is 5.02 Å². The van der Waals surface area contributed by atoms with Gasteiger partial charge in [0.25, 0.3) is 0 Å². The number of hydrogen-bond acceptors (Lipinski definition) is 3. The second-order valence-corrected chi connectivity index (χ2v) is 2.92. The van der Waals surface area contributed by atoms with Crippen LogP contribution in [0, 0.1) is 18.3 Å². The molecule has 0 heterocycles. The maximum atomic E-state index is 9.43. The van der Waals surface area contributed by atoms with E-state index in [2.05, 4.69) is 0 Å². The van der Waals surface area contributed by atoms with Gasteiger partial charge in [0.05, 0.1) is 12.7 Å². The molecule has 0 amide bonds. The standard InChI is InChI=1S/C9H8ClNO2/c1-5-3-7(13-2)9(12)8(10)6(5)4-11/h3,12H,1-2H3. The Bertz CT molecular complexity index is 381. The van der Waals surface area contributed by atoms with Crippen LogP contribution in [0.3, 0.4) is 0 Å². The number of phenolic OH excluding ortho intramolecular Hbond substituents is 1. The Morgan fingerprint density at radius 3 is 2.69 bits per heavy atom. The molecule has 0 aromatic heterocycles. The van der Waals surface area contributed by atoms with Gasteiger partial charge in [-0.2, -0.15) is 5.26 Å². The maximum absolute atomic E-state index is 9.43. The largest absolute Gasteiger partial charge is 0.503 e. The van der Waals surface area contributed by atoms with E-state index in [0.29, 0.717) is 5.56 Å². The average molecular weight is 198 g/mol. The lowest BCUT2D eigenvalue weighted by Crippen LogP contribution is -1.90. The zero-order valence-electron chi connectivity index (χ0n) is 7.26. The van der Waals surface area contributed by atoms with E-state index >= 15 is 0 Å². The lowest BCUT2D eigenvalue weighted by molar-refractivity contribution is 0.373. The molecule has 68 valence electrons. The Kier molecular flexibility index (Phi) is 2.64. The summed E-state index contributed by atoms with van der Waals surface area (Å²) in [6, 6.07) is 3.48. The number of methoxy groups -OCH3 is 1. The molecule has 3 nitrogen and oxygen atoms in total. The number of aromatic hydroxyl groups is 1. The smallest absolute Gasteiger partial charge is 0.178 e. The number of phenols is 1. The van der Waals surface area contributed by atoms with Gasteiger partial charge in [-0.1, -0.05) is 11.6 Å². The van der Waals surface area contributed by atoms with Gasteiger partial charge >= 0.3 is 0 Å². The summed E-state index contributed by atoms with van der Waals surface area (Å²) in [5.74, 6) is 0.0906. The number of halogens is 1. The summed E-state index contributed by atoms with van der Waals surface area (Å²) in [4.78, 5) is 0. The van der Waals surface area contributed by atoms with E-state index in [0.717, 1.165) is 0 Å². The molecule has 0 saturated heterocycles. The molecular weight excluding hydrogens is 190 g/mol. The molecule has 1 N–H and O–H groups in total. The summed E-state index contributed by atoms with van der Waals surface area (Å²) in [5.41, 5.74) is 0.960. The number of nitrogens with zero attached hydrogens (tertiary/aromatic N) is 1. The van der Waals surface area contributed by atoms with Crippen LogP contribution in [0.1, 0.15) is 11.1 Å². The highest BCUT2D eigenvalue weighted by atomic mass is 35.5. The molecule has 0 aliphatic rings. The average Bonchev–Trinajstić information content (AvgIpc) is 2.12. The minimum absolute atomic E-state index is 0.0411. The summed E-state index contributed by atoms with van der Waals surface area (Å²) >= 11 is 5.73. The van der Waals surface area contributed by atoms with Crippen molar-refractivity contribution in [3.8, 4) is 17.6 Å². The lowest BCUT2D eigenvalue weighted by atomic mass is 10.1. The topological polar surface area (TPSA) is 53.2 Å². The van der Waals surface area contributed by atoms with Crippen LogP contribution in [0.5, 0.6) is 11.5 Å². The van der Waals surface area contributed by atoms with Gasteiger partial charge in [-0.15, -0.1) is 0 Å². The Labute approximate surface area is 81.1 Å². The number of nitriles is 1. The SMILES string of the molecule is COc1cc(C)c(C#N)c(Cl)c1O. The third kappa shape index (κ3) is 1.53. The molecule has 0 radical (unpaired) electrons. The number of hydrogen-bond donors (Lipinski definition) is 1. The molecular formula is C9H8ClNO2. The molecule has 0 aliphatic heterocycles. The molecule has 1 rings (SSSR count). The van der Waals surface area contributed by atoms with Crippen molar-refractivity contribution < 1.29 is 9.84 Å². The van der Waals surface area contributed by atoms with Gasteiger partial charge in [-0.25, -0.2) is 0 Å². The summed E-state index contributed by atoms with van der Waals surface area (Å²) in [6.45, 7) is 1.73. The first-order valence-corrected chi connectivity index (χ1v) is 3.95. The van der Waals surface area contributed by atoms with E-state index in [1.54, 1.807) is 13.0 Å². The van der Waals surface area contributed by atoms with E-state index in [1.807, 2.05) is 6.07 Å². The normalized spacial score (nSPS) is 9.38. The Morgan fingerprint density at radius 1 is 1.62 bits per heavy atom. The summed E-state index contributed by atoms with van der Waals surface area (Å²) in [5, 5.41) is 18.2. The van der Waals surface area contributed by atoms with Gasteiger partial charge in [-0.05, 0) is 18.6 Å². The Balaban J connectivity index is 3.48. The number of rotatable bonds is 1. The molecule has 1 aromatic carbocycles. The molecule has 0 unspecified atom stereocenters. The van der Waals surface area contributed by atoms with E-state index in [9.17, 15) is 5.11 Å². The first-order chi connectivity index (χ1) is 6.11. The molecule has 1 aromatic rings. The van der Waals surface area contributed by atoms with E-state index < -0.39 is 0 Å². The van der Waals surface area contributed by atoms with Crippen molar-refractivity contribution in [1.82, 2.24) is 0 Å². The molecule has 0 spiro atoms. The summed E-state index contributed by atoms with van der Waals surface area (Å²) < 4.78 is 4.86. The minimum atomic E-state index is -0.189. The molecule has 0 atom stereocenters. The van der Waals surface area contributed by atoms with Gasteiger partial charge in [0.1, 0.15) is 11.1 Å². The molecule has 0 saturated carbocycles. The van der Waals surface area contributed by atoms with Gasteiger partial charge in [0.15, 0.2) is 11.5 Å². The van der Waals surface area contributed by atoms with Gasteiger partial charge in [0.2, 0.25) is 0 Å². The quantitative estimate of drug-likeness (QED) is 0.751. The minimum Gasteiger partial charge on any atom is -0.503 e. The highest BCUT2D eigenvalue weighted by Crippen LogP contribution is 2.37. The highest BCUT2D eigenvalue weighted by Gasteiger charge is 2.13. The van der Waals surface area contributed by atoms with Crippen molar-refractivity contribution in [2.24, 2.45) is 0 Å². The van der Waals surface area contributed by atoms with Crippen LogP contribution in [-0.2, 0) is 0 Å². The van der Waals surface area contributed by atoms with Crippen LogP contribution < -0.4 is 4.74 Å². The molecule has 0 bridgehead atoms. The third-order valence-corrected chi connectivity index (χ3v) is 2.10. The van der Waals surface area contributed by atoms with Crippen LogP contribution >= 0.6 is 11.6 Å². The second-order valence-electron chi connectivity index (χ2n) is 2.55. The van der Waals surface area contributed by atoms with Crippen molar-refractivity contribution >= 4 is 11.6 Å². The summed E-state index contributed by atoms with van der Waals surface area (Å²) in [6.07, 6.45) is 0. The Hall–Kier alpha value is -1.40. The molecule has 13 heavy (non-hydrogen) atoms. The van der Waals surface area contributed by atoms with Crippen molar-refractivity contribution in [3.63, 3.8) is 0 Å². The summed E-state index contributed by atoms with van der Waals surface area (Å²) in [7, 11) is 1.43. The van der Waals surface area contributed by atoms with E-state index in [1.165, 1.54) is 7.11 Å². The van der Waals surface area contributed by atoms with E-state index in [4.69, 9.17) is 21.6 Å². The fourth-order valence-corrected chi connectivity index (χ4v) is 1.31. The number of ether oxygens (including phenoxy) is 1. The predicted octanol–water partition coefficient (Wildman–Crippen LogP) is 2.23. The zero-order chi connectivity index (χ0) is 10.0. The van der Waals surface area contributed by atoms with Gasteiger partial charge < -0.3 is 9.84 Å². The van der Waals surface area contributed by atoms with Crippen molar-refractivity contribution in [2.75, 3.05) is 7.11 Å². The first kappa shape index (κ1) is 9.69. The highest BCUT2D eigenvalue weighted by molar-refractivity contribution is 6.33. The van der Waals surface area contributed by atoms with Gasteiger partial charge in [0, 0.05) is 0 Å². The van der Waals surface area contributed by atoms with Crippen molar-refractivity contribution in [3.05, 3.63) is 22.2 Å². The van der Waals surface area contributed by atoms with Crippen molar-refractivity contribution in [1.29, 1.82) is 5.26 Å². The monoisotopic (exact) mass is 197 g/mol. The Morgan fingerprint density at radius 2 is 2.23 bits per heavy atom. The predicted molar refractivity (Wildman–Crippen MR) is 49.1 cm³/mol. The van der Waals surface area contributed by atoms with Gasteiger partial charge in [-0.3, -0.25) is 0 Å². The fourth-order valence-electron chi connectivity index (χ4n) is 1.03. The van der Waals surface area contributed by atoms with Crippen LogP contribution in [0.4, 0.5) is 0 Å². The number of aryl methyl sites for hydroxylation is 1. The first-order valence-electron chi connectivity index (χ1n) is 3.58. The number of benzene rings is 1.